The number of unbranched alkanes of at least 4 members (excludes halogenated alkanes) is 1. The first-order chi connectivity index (χ1) is 16.9. The molecule has 0 bridgehead atoms. The quantitative estimate of drug-likeness (QED) is 0.274. The normalized spacial score (nSPS) is 16.3. The Kier molecular flexibility index (Phi) is 8.50. The highest BCUT2D eigenvalue weighted by Gasteiger charge is 2.37. The Morgan fingerprint density at radius 1 is 1.22 bits per heavy atom. The van der Waals surface area contributed by atoms with E-state index in [4.69, 9.17) is 22.6 Å². The zero-order valence-corrected chi connectivity index (χ0v) is 21.4. The number of rotatable bonds is 10. The number of anilines is 2. The SMILES string of the molecule is CCCCC(CCC#N)C(=O)C1Cc2nc(Cl)nc(NC(C)(C)c3cc(N)cc(C(F)(F)F)c3)c2C1. The summed E-state index contributed by atoms with van der Waals surface area (Å²) in [6, 6.07) is 5.58. The molecule has 1 heterocycles. The number of carbonyl (C=O) groups is 1. The van der Waals surface area contributed by atoms with Gasteiger partial charge in [0.05, 0.1) is 22.9 Å². The number of fused-ring (bicyclic) bond motifs is 1. The second kappa shape index (κ2) is 11.0. The molecule has 2 unspecified atom stereocenters. The number of ketones is 1. The van der Waals surface area contributed by atoms with Crippen molar-refractivity contribution in [1.29, 1.82) is 5.26 Å². The Morgan fingerprint density at radius 2 is 1.92 bits per heavy atom. The lowest BCUT2D eigenvalue weighted by Gasteiger charge is -2.29. The lowest BCUT2D eigenvalue weighted by Crippen LogP contribution is -2.30. The molecule has 1 aromatic carbocycles. The van der Waals surface area contributed by atoms with Gasteiger partial charge in [-0.05, 0) is 68.5 Å². The Labute approximate surface area is 214 Å². The number of benzene rings is 1. The van der Waals surface area contributed by atoms with Gasteiger partial charge in [0.15, 0.2) is 0 Å². The molecule has 0 spiro atoms. The van der Waals surface area contributed by atoms with Crippen molar-refractivity contribution in [2.24, 2.45) is 11.8 Å². The van der Waals surface area contributed by atoms with E-state index in [1.165, 1.54) is 6.07 Å². The van der Waals surface area contributed by atoms with E-state index in [-0.39, 0.29) is 28.6 Å². The molecular formula is C26H31ClF3N5O. The van der Waals surface area contributed by atoms with Crippen LogP contribution in [-0.2, 0) is 29.4 Å². The molecule has 0 aliphatic heterocycles. The minimum absolute atomic E-state index is 0.00167. The van der Waals surface area contributed by atoms with Crippen molar-refractivity contribution in [2.75, 3.05) is 11.1 Å². The van der Waals surface area contributed by atoms with E-state index in [0.717, 1.165) is 37.0 Å². The van der Waals surface area contributed by atoms with E-state index in [0.29, 0.717) is 42.8 Å². The van der Waals surface area contributed by atoms with Gasteiger partial charge < -0.3 is 11.1 Å². The highest BCUT2D eigenvalue weighted by atomic mass is 35.5. The third-order valence-corrected chi connectivity index (χ3v) is 6.88. The topological polar surface area (TPSA) is 105 Å². The predicted octanol–water partition coefficient (Wildman–Crippen LogP) is 6.47. The van der Waals surface area contributed by atoms with E-state index >= 15 is 0 Å². The molecule has 0 saturated carbocycles. The van der Waals surface area contributed by atoms with Crippen LogP contribution in [0.2, 0.25) is 5.28 Å². The Bertz CT molecular complexity index is 1160. The molecule has 36 heavy (non-hydrogen) atoms. The van der Waals surface area contributed by atoms with Crippen LogP contribution in [0.4, 0.5) is 24.7 Å². The molecule has 2 atom stereocenters. The molecule has 2 aromatic rings. The fourth-order valence-corrected chi connectivity index (χ4v) is 4.92. The highest BCUT2D eigenvalue weighted by molar-refractivity contribution is 6.28. The maximum absolute atomic E-state index is 13.4. The maximum Gasteiger partial charge on any atom is 0.416 e. The van der Waals surface area contributed by atoms with Crippen molar-refractivity contribution in [3.8, 4) is 6.07 Å². The van der Waals surface area contributed by atoms with Gasteiger partial charge in [0.25, 0.3) is 0 Å². The molecule has 194 valence electrons. The molecule has 0 fully saturated rings. The van der Waals surface area contributed by atoms with Gasteiger partial charge in [-0.3, -0.25) is 4.79 Å². The molecule has 1 aromatic heterocycles. The van der Waals surface area contributed by atoms with Crippen molar-refractivity contribution in [2.45, 2.75) is 77.4 Å². The van der Waals surface area contributed by atoms with Crippen LogP contribution >= 0.6 is 11.6 Å². The average Bonchev–Trinajstić information content (AvgIpc) is 3.22. The van der Waals surface area contributed by atoms with Gasteiger partial charge in [-0.25, -0.2) is 9.97 Å². The van der Waals surface area contributed by atoms with E-state index < -0.39 is 17.3 Å². The Morgan fingerprint density at radius 3 is 2.56 bits per heavy atom. The molecule has 0 radical (unpaired) electrons. The number of nitrogens with zero attached hydrogens (tertiary/aromatic N) is 3. The van der Waals surface area contributed by atoms with Gasteiger partial charge in [-0.1, -0.05) is 19.8 Å². The number of nitrogen functional groups attached to an aromatic ring is 1. The number of hydrogen-bond acceptors (Lipinski definition) is 6. The highest BCUT2D eigenvalue weighted by Crippen LogP contribution is 2.38. The summed E-state index contributed by atoms with van der Waals surface area (Å²) in [4.78, 5) is 22.0. The number of aromatic nitrogens is 2. The summed E-state index contributed by atoms with van der Waals surface area (Å²) in [6.45, 7) is 5.52. The number of alkyl halides is 3. The number of nitriles is 1. The summed E-state index contributed by atoms with van der Waals surface area (Å²) in [6.07, 6.45) is -0.241. The van der Waals surface area contributed by atoms with E-state index in [1.807, 2.05) is 0 Å². The van der Waals surface area contributed by atoms with Gasteiger partial charge in [-0.15, -0.1) is 0 Å². The number of Topliss-reactive ketones (excluding diaryl/α,β-unsaturated/α-hetero) is 1. The van der Waals surface area contributed by atoms with Crippen molar-refractivity contribution >= 4 is 28.9 Å². The van der Waals surface area contributed by atoms with Gasteiger partial charge in [0.1, 0.15) is 11.6 Å². The second-order valence-corrected chi connectivity index (χ2v) is 10.2. The van der Waals surface area contributed by atoms with Crippen LogP contribution in [-0.4, -0.2) is 15.8 Å². The van der Waals surface area contributed by atoms with Crippen LogP contribution in [0.25, 0.3) is 0 Å². The fraction of sp³-hybridized carbons (Fsp3) is 0.538. The number of hydrogen-bond donors (Lipinski definition) is 2. The number of carbonyl (C=O) groups excluding carboxylic acids is 1. The smallest absolute Gasteiger partial charge is 0.399 e. The molecule has 3 rings (SSSR count). The van der Waals surface area contributed by atoms with Crippen molar-refractivity contribution in [1.82, 2.24) is 9.97 Å². The number of nitrogens with two attached hydrogens (primary N) is 1. The Hall–Kier alpha value is -2.86. The van der Waals surface area contributed by atoms with Crippen LogP contribution in [0.3, 0.4) is 0 Å². The monoisotopic (exact) mass is 521 g/mol. The summed E-state index contributed by atoms with van der Waals surface area (Å²) < 4.78 is 40.1. The molecule has 1 aliphatic rings. The van der Waals surface area contributed by atoms with Gasteiger partial charge >= 0.3 is 6.18 Å². The second-order valence-electron chi connectivity index (χ2n) is 9.90. The molecule has 10 heteroatoms. The summed E-state index contributed by atoms with van der Waals surface area (Å²) >= 11 is 6.19. The third kappa shape index (κ3) is 6.47. The predicted molar refractivity (Wildman–Crippen MR) is 133 cm³/mol. The van der Waals surface area contributed by atoms with Crippen LogP contribution in [0.15, 0.2) is 18.2 Å². The first-order valence-corrected chi connectivity index (χ1v) is 12.5. The van der Waals surface area contributed by atoms with Gasteiger partial charge in [0, 0.05) is 35.9 Å². The van der Waals surface area contributed by atoms with Crippen LogP contribution in [0, 0.1) is 23.2 Å². The zero-order valence-electron chi connectivity index (χ0n) is 20.7. The molecular weight excluding hydrogens is 491 g/mol. The third-order valence-electron chi connectivity index (χ3n) is 6.71. The molecule has 0 saturated heterocycles. The zero-order chi connectivity index (χ0) is 26.7. The minimum atomic E-state index is -4.53. The average molecular weight is 522 g/mol. The molecule has 3 N–H and O–H groups in total. The Balaban J connectivity index is 1.88. The summed E-state index contributed by atoms with van der Waals surface area (Å²) in [5.41, 5.74) is 5.69. The van der Waals surface area contributed by atoms with Gasteiger partial charge in [0.2, 0.25) is 5.28 Å². The largest absolute Gasteiger partial charge is 0.416 e. The standard InChI is InChI=1S/C26H31ClF3N5O/c1-4-5-7-15(8-6-9-31)22(36)16-10-20-21(11-16)33-24(27)34-23(20)35-25(2,3)17-12-18(26(28,29)30)14-19(32)13-17/h12-16H,4-8,10-11,32H2,1-3H3,(H,33,34,35). The summed E-state index contributed by atoms with van der Waals surface area (Å²) in [5.74, 6) is 0.0153. The number of halogens is 4. The summed E-state index contributed by atoms with van der Waals surface area (Å²) in [7, 11) is 0. The maximum atomic E-state index is 13.4. The summed E-state index contributed by atoms with van der Waals surface area (Å²) in [5, 5.41) is 12.2. The van der Waals surface area contributed by atoms with Crippen LogP contribution in [0.1, 0.15) is 75.3 Å². The van der Waals surface area contributed by atoms with Crippen molar-refractivity contribution in [3.05, 3.63) is 45.9 Å². The lowest BCUT2D eigenvalue weighted by atomic mass is 9.84. The van der Waals surface area contributed by atoms with E-state index in [9.17, 15) is 18.0 Å². The fourth-order valence-electron chi connectivity index (χ4n) is 4.74. The molecule has 6 nitrogen and oxygen atoms in total. The first kappa shape index (κ1) is 27.7. The van der Waals surface area contributed by atoms with Crippen molar-refractivity contribution < 1.29 is 18.0 Å². The van der Waals surface area contributed by atoms with Crippen molar-refractivity contribution in [3.63, 3.8) is 0 Å². The minimum Gasteiger partial charge on any atom is -0.399 e. The van der Waals surface area contributed by atoms with Crippen LogP contribution in [0.5, 0.6) is 0 Å². The number of nitrogens with one attached hydrogen (secondary N) is 1. The van der Waals surface area contributed by atoms with Crippen LogP contribution < -0.4 is 11.1 Å². The van der Waals surface area contributed by atoms with E-state index in [1.54, 1.807) is 13.8 Å². The molecule has 1 aliphatic carbocycles. The first-order valence-electron chi connectivity index (χ1n) is 12.1. The molecule has 0 amide bonds. The lowest BCUT2D eigenvalue weighted by molar-refractivity contribution is -0.137. The van der Waals surface area contributed by atoms with Gasteiger partial charge in [-0.2, -0.15) is 18.4 Å². The van der Waals surface area contributed by atoms with E-state index in [2.05, 4.69) is 28.3 Å².